The highest BCUT2D eigenvalue weighted by Gasteiger charge is 2.38. The van der Waals surface area contributed by atoms with Gasteiger partial charge in [0.2, 0.25) is 0 Å². The fourth-order valence-corrected chi connectivity index (χ4v) is 3.81. The molecular weight excluding hydrogens is 273 g/mol. The van der Waals surface area contributed by atoms with Crippen molar-refractivity contribution >= 4 is 11.3 Å². The first kappa shape index (κ1) is 14.8. The molecule has 3 atom stereocenters. The van der Waals surface area contributed by atoms with Gasteiger partial charge in [-0.25, -0.2) is 4.98 Å². The number of hydrogen-bond donors (Lipinski definition) is 1. The first-order valence-corrected chi connectivity index (χ1v) is 7.51. The average molecular weight is 292 g/mol. The zero-order valence-electron chi connectivity index (χ0n) is 11.1. The van der Waals surface area contributed by atoms with Crippen LogP contribution < -0.4 is 5.32 Å². The molecule has 1 heterocycles. The minimum atomic E-state index is -4.31. The first-order valence-electron chi connectivity index (χ1n) is 6.69. The molecule has 2 rings (SSSR count). The summed E-state index contributed by atoms with van der Waals surface area (Å²) in [7, 11) is 0. The summed E-state index contributed by atoms with van der Waals surface area (Å²) in [6.45, 7) is 5.21. The van der Waals surface area contributed by atoms with Gasteiger partial charge in [-0.3, -0.25) is 0 Å². The van der Waals surface area contributed by atoms with Gasteiger partial charge in [0.05, 0.1) is 0 Å². The van der Waals surface area contributed by atoms with E-state index in [4.69, 9.17) is 0 Å². The monoisotopic (exact) mass is 292 g/mol. The summed E-state index contributed by atoms with van der Waals surface area (Å²) >= 11 is 0.803. The van der Waals surface area contributed by atoms with E-state index in [0.29, 0.717) is 12.0 Å². The van der Waals surface area contributed by atoms with E-state index in [2.05, 4.69) is 24.1 Å². The molecule has 1 N–H and O–H groups in total. The molecule has 0 saturated heterocycles. The van der Waals surface area contributed by atoms with Crippen LogP contribution in [0, 0.1) is 5.92 Å². The molecule has 0 aromatic carbocycles. The quantitative estimate of drug-likeness (QED) is 0.906. The van der Waals surface area contributed by atoms with Gasteiger partial charge in [0.25, 0.3) is 0 Å². The highest BCUT2D eigenvalue weighted by molar-refractivity contribution is 7.11. The van der Waals surface area contributed by atoms with Crippen molar-refractivity contribution in [3.8, 4) is 0 Å². The van der Waals surface area contributed by atoms with Crippen molar-refractivity contribution in [3.05, 3.63) is 16.1 Å². The molecule has 0 amide bonds. The van der Waals surface area contributed by atoms with Gasteiger partial charge in [0, 0.05) is 17.1 Å². The largest absolute Gasteiger partial charge is 0.443 e. The predicted molar refractivity (Wildman–Crippen MR) is 70.3 cm³/mol. The van der Waals surface area contributed by atoms with Crippen LogP contribution in [0.4, 0.5) is 13.2 Å². The van der Waals surface area contributed by atoms with Crippen LogP contribution in [-0.2, 0) is 6.18 Å². The van der Waals surface area contributed by atoms with Crippen molar-refractivity contribution in [2.45, 2.75) is 51.2 Å². The van der Waals surface area contributed by atoms with Crippen molar-refractivity contribution < 1.29 is 13.2 Å². The van der Waals surface area contributed by atoms with Crippen LogP contribution in [0.3, 0.4) is 0 Å². The second-order valence-electron chi connectivity index (χ2n) is 5.17. The summed E-state index contributed by atoms with van der Waals surface area (Å²) in [5.41, 5.74) is 0. The Morgan fingerprint density at radius 2 is 2.16 bits per heavy atom. The molecule has 3 unspecified atom stereocenters. The lowest BCUT2D eigenvalue weighted by Gasteiger charge is -2.20. The van der Waals surface area contributed by atoms with E-state index < -0.39 is 11.2 Å². The molecule has 0 aliphatic heterocycles. The van der Waals surface area contributed by atoms with E-state index in [9.17, 15) is 13.2 Å². The zero-order valence-corrected chi connectivity index (χ0v) is 11.9. The number of aromatic nitrogens is 1. The molecule has 108 valence electrons. The number of nitrogens with zero attached hydrogens (tertiary/aromatic N) is 1. The van der Waals surface area contributed by atoms with Crippen LogP contribution in [0.25, 0.3) is 0 Å². The zero-order chi connectivity index (χ0) is 14.0. The van der Waals surface area contributed by atoms with Crippen LogP contribution >= 0.6 is 11.3 Å². The maximum Gasteiger partial charge on any atom is 0.443 e. The van der Waals surface area contributed by atoms with Gasteiger partial charge in [-0.15, -0.1) is 11.3 Å². The van der Waals surface area contributed by atoms with Gasteiger partial charge in [-0.2, -0.15) is 13.2 Å². The third kappa shape index (κ3) is 3.28. The fourth-order valence-electron chi connectivity index (χ4n) is 2.77. The first-order chi connectivity index (χ1) is 8.93. The molecule has 1 aliphatic carbocycles. The van der Waals surface area contributed by atoms with Crippen LogP contribution in [0.1, 0.15) is 48.9 Å². The lowest BCUT2D eigenvalue weighted by Crippen LogP contribution is -2.32. The van der Waals surface area contributed by atoms with Gasteiger partial charge < -0.3 is 5.32 Å². The number of hydrogen-bond acceptors (Lipinski definition) is 3. The molecule has 1 aromatic heterocycles. The Balaban J connectivity index is 2.05. The minimum absolute atomic E-state index is 0.211. The Morgan fingerprint density at radius 3 is 2.74 bits per heavy atom. The fraction of sp³-hybridized carbons (Fsp3) is 0.769. The molecule has 2 nitrogen and oxygen atoms in total. The van der Waals surface area contributed by atoms with Gasteiger partial charge in [-0.1, -0.05) is 13.8 Å². The number of halogens is 3. The second-order valence-corrected chi connectivity index (χ2v) is 6.23. The molecular formula is C13H19F3N2S. The van der Waals surface area contributed by atoms with E-state index in [1.165, 1.54) is 6.20 Å². The van der Waals surface area contributed by atoms with Gasteiger partial charge in [0.1, 0.15) is 0 Å². The van der Waals surface area contributed by atoms with E-state index in [0.717, 1.165) is 42.0 Å². The summed E-state index contributed by atoms with van der Waals surface area (Å²) in [5.74, 6) is 0.580. The molecule has 6 heteroatoms. The normalized spacial score (nSPS) is 27.9. The average Bonchev–Trinajstić information content (AvgIpc) is 2.92. The number of thiazole rings is 1. The molecule has 1 aliphatic rings. The van der Waals surface area contributed by atoms with Crippen LogP contribution in [0.5, 0.6) is 0 Å². The molecule has 1 aromatic rings. The summed E-state index contributed by atoms with van der Waals surface area (Å²) in [4.78, 5) is 4.31. The van der Waals surface area contributed by atoms with Crippen LogP contribution in [0.15, 0.2) is 6.20 Å². The highest BCUT2D eigenvalue weighted by atomic mass is 32.1. The molecule has 1 fully saturated rings. The van der Waals surface area contributed by atoms with E-state index in [1.807, 2.05) is 0 Å². The Bertz CT molecular complexity index is 416. The third-order valence-electron chi connectivity index (χ3n) is 3.85. The molecule has 19 heavy (non-hydrogen) atoms. The highest BCUT2D eigenvalue weighted by Crippen LogP contribution is 2.43. The van der Waals surface area contributed by atoms with Gasteiger partial charge in [-0.05, 0) is 37.6 Å². The minimum Gasteiger partial charge on any atom is -0.314 e. The maximum absolute atomic E-state index is 12.6. The summed E-state index contributed by atoms with van der Waals surface area (Å²) < 4.78 is 37.7. The molecule has 0 spiro atoms. The third-order valence-corrected chi connectivity index (χ3v) is 5.02. The predicted octanol–water partition coefficient (Wildman–Crippen LogP) is 4.04. The Kier molecular flexibility index (Phi) is 4.50. The van der Waals surface area contributed by atoms with Crippen molar-refractivity contribution in [1.82, 2.24) is 10.3 Å². The Hall–Kier alpha value is -0.620. The van der Waals surface area contributed by atoms with Crippen LogP contribution in [0.2, 0.25) is 0 Å². The Morgan fingerprint density at radius 1 is 1.42 bits per heavy atom. The number of alkyl halides is 3. The van der Waals surface area contributed by atoms with Crippen molar-refractivity contribution in [2.75, 3.05) is 6.54 Å². The van der Waals surface area contributed by atoms with E-state index in [-0.39, 0.29) is 5.92 Å². The summed E-state index contributed by atoms with van der Waals surface area (Å²) in [6, 6.07) is 0.418. The second kappa shape index (κ2) is 5.79. The van der Waals surface area contributed by atoms with E-state index in [1.54, 1.807) is 0 Å². The van der Waals surface area contributed by atoms with Crippen LogP contribution in [-0.4, -0.2) is 17.6 Å². The molecule has 0 radical (unpaired) electrons. The lowest BCUT2D eigenvalue weighted by molar-refractivity contribution is -0.137. The van der Waals surface area contributed by atoms with E-state index >= 15 is 0 Å². The standard InChI is InChI=1S/C13H19F3N2S/c1-3-6-17-10-5-4-9(8(10)2)11-7-18-12(19-11)13(14,15)16/h7-10,17H,3-6H2,1-2H3. The number of rotatable bonds is 4. The Labute approximate surface area is 115 Å². The van der Waals surface area contributed by atoms with Crippen molar-refractivity contribution in [2.24, 2.45) is 5.92 Å². The smallest absolute Gasteiger partial charge is 0.314 e. The summed E-state index contributed by atoms with van der Waals surface area (Å²) in [6.07, 6.45) is 0.154. The van der Waals surface area contributed by atoms with Crippen molar-refractivity contribution in [3.63, 3.8) is 0 Å². The number of nitrogens with one attached hydrogen (secondary N) is 1. The molecule has 0 bridgehead atoms. The maximum atomic E-state index is 12.6. The summed E-state index contributed by atoms with van der Waals surface area (Å²) in [5, 5.41) is 2.76. The van der Waals surface area contributed by atoms with Gasteiger partial charge in [0.15, 0.2) is 5.01 Å². The molecule has 1 saturated carbocycles. The topological polar surface area (TPSA) is 24.9 Å². The van der Waals surface area contributed by atoms with Gasteiger partial charge >= 0.3 is 6.18 Å². The lowest BCUT2D eigenvalue weighted by atomic mass is 9.95. The van der Waals surface area contributed by atoms with Crippen molar-refractivity contribution in [1.29, 1.82) is 0 Å². The SMILES string of the molecule is CCCNC1CCC(c2cnc(C(F)(F)F)s2)C1C.